The normalized spacial score (nSPS) is 24.7. The highest BCUT2D eigenvalue weighted by Crippen LogP contribution is 2.28. The van der Waals surface area contributed by atoms with Crippen LogP contribution in [0.1, 0.15) is 48.8 Å². The van der Waals surface area contributed by atoms with Crippen molar-refractivity contribution in [1.82, 2.24) is 14.7 Å². The number of amides is 1. The first-order valence-corrected chi connectivity index (χ1v) is 8.12. The minimum absolute atomic E-state index is 0.0338. The van der Waals surface area contributed by atoms with Crippen molar-refractivity contribution in [1.29, 1.82) is 0 Å². The summed E-state index contributed by atoms with van der Waals surface area (Å²) in [5, 5.41) is 4.28. The Bertz CT molecular complexity index is 604. The van der Waals surface area contributed by atoms with E-state index < -0.39 is 11.6 Å². The second-order valence-corrected chi connectivity index (χ2v) is 6.35. The summed E-state index contributed by atoms with van der Waals surface area (Å²) in [7, 11) is 1.34. The molecule has 2 aliphatic rings. The lowest BCUT2D eigenvalue weighted by molar-refractivity contribution is -0.162. The van der Waals surface area contributed by atoms with Crippen molar-refractivity contribution in [2.45, 2.75) is 51.3 Å². The average molecular weight is 321 g/mol. The molecule has 0 aromatic carbocycles. The number of hydrogen-bond donors (Lipinski definition) is 0. The van der Waals surface area contributed by atoms with Gasteiger partial charge in [-0.2, -0.15) is 5.10 Å². The molecule has 1 atom stereocenters. The molecule has 0 bridgehead atoms. The summed E-state index contributed by atoms with van der Waals surface area (Å²) in [5.41, 5.74) is 0.422. The number of fused-ring (bicyclic) bond motifs is 1. The van der Waals surface area contributed by atoms with Crippen LogP contribution in [0.15, 0.2) is 6.07 Å². The van der Waals surface area contributed by atoms with Crippen LogP contribution in [-0.4, -0.2) is 52.4 Å². The van der Waals surface area contributed by atoms with Gasteiger partial charge in [-0.15, -0.1) is 0 Å². The molecule has 1 fully saturated rings. The van der Waals surface area contributed by atoms with Crippen LogP contribution in [0.2, 0.25) is 0 Å². The van der Waals surface area contributed by atoms with Gasteiger partial charge in [-0.05, 0) is 38.7 Å². The molecular formula is C16H23N3O4. The Balaban J connectivity index is 1.78. The van der Waals surface area contributed by atoms with Crippen LogP contribution >= 0.6 is 0 Å². The molecular weight excluding hydrogens is 298 g/mol. The highest BCUT2D eigenvalue weighted by atomic mass is 16.5. The lowest BCUT2D eigenvalue weighted by Gasteiger charge is -2.36. The molecule has 3 heterocycles. The molecule has 0 saturated carbocycles. The summed E-state index contributed by atoms with van der Waals surface area (Å²) in [6.07, 6.45) is 3.59. The van der Waals surface area contributed by atoms with Crippen molar-refractivity contribution in [3.05, 3.63) is 17.5 Å². The number of carbonyl (C=O) groups excluding carboxylic acids is 2. The van der Waals surface area contributed by atoms with Crippen LogP contribution < -0.4 is 0 Å². The van der Waals surface area contributed by atoms with E-state index in [1.165, 1.54) is 7.11 Å². The molecule has 1 unspecified atom stereocenters. The molecule has 1 aromatic rings. The molecule has 7 nitrogen and oxygen atoms in total. The van der Waals surface area contributed by atoms with Gasteiger partial charge in [0, 0.05) is 19.7 Å². The second kappa shape index (κ2) is 6.31. The Morgan fingerprint density at radius 2 is 2.13 bits per heavy atom. The third-order valence-electron chi connectivity index (χ3n) is 4.62. The highest BCUT2D eigenvalue weighted by Gasteiger charge is 2.39. The smallest absolute Gasteiger partial charge is 0.358 e. The summed E-state index contributed by atoms with van der Waals surface area (Å²) in [5.74, 6) is -0.419. The van der Waals surface area contributed by atoms with E-state index in [2.05, 4.69) is 5.10 Å². The van der Waals surface area contributed by atoms with Crippen molar-refractivity contribution in [3.8, 4) is 0 Å². The van der Waals surface area contributed by atoms with E-state index in [1.807, 2.05) is 11.8 Å². The summed E-state index contributed by atoms with van der Waals surface area (Å²) in [6, 6.07) is 1.71. The van der Waals surface area contributed by atoms with Gasteiger partial charge in [-0.25, -0.2) is 4.79 Å². The van der Waals surface area contributed by atoms with Crippen LogP contribution in [0.5, 0.6) is 0 Å². The van der Waals surface area contributed by atoms with Gasteiger partial charge in [-0.1, -0.05) is 0 Å². The molecule has 0 radical (unpaired) electrons. The van der Waals surface area contributed by atoms with Crippen LogP contribution in [0.3, 0.4) is 0 Å². The maximum absolute atomic E-state index is 12.9. The van der Waals surface area contributed by atoms with Crippen molar-refractivity contribution in [3.63, 3.8) is 0 Å². The van der Waals surface area contributed by atoms with Gasteiger partial charge < -0.3 is 14.4 Å². The first kappa shape index (κ1) is 16.0. The molecule has 1 amide bonds. The maximum atomic E-state index is 12.9. The van der Waals surface area contributed by atoms with E-state index in [1.54, 1.807) is 10.7 Å². The lowest BCUT2D eigenvalue weighted by atomic mass is 9.94. The molecule has 1 saturated heterocycles. The topological polar surface area (TPSA) is 73.7 Å². The molecule has 3 rings (SSSR count). The monoisotopic (exact) mass is 321 g/mol. The summed E-state index contributed by atoms with van der Waals surface area (Å²) < 4.78 is 12.3. The quantitative estimate of drug-likeness (QED) is 0.769. The van der Waals surface area contributed by atoms with Crippen LogP contribution in [0.25, 0.3) is 0 Å². The van der Waals surface area contributed by atoms with Gasteiger partial charge in [0.25, 0.3) is 5.91 Å². The molecule has 2 aliphatic heterocycles. The number of rotatable bonds is 2. The van der Waals surface area contributed by atoms with E-state index in [4.69, 9.17) is 9.47 Å². The van der Waals surface area contributed by atoms with Gasteiger partial charge in [0.05, 0.1) is 19.3 Å². The number of carbonyl (C=O) groups is 2. The van der Waals surface area contributed by atoms with Crippen molar-refractivity contribution >= 4 is 11.9 Å². The summed E-state index contributed by atoms with van der Waals surface area (Å²) in [6.45, 7) is 4.33. The first-order chi connectivity index (χ1) is 11.0. The van der Waals surface area contributed by atoms with Gasteiger partial charge in [0.1, 0.15) is 5.60 Å². The molecule has 1 aromatic heterocycles. The number of aromatic nitrogens is 2. The Kier molecular flexibility index (Phi) is 4.39. The van der Waals surface area contributed by atoms with Crippen LogP contribution in [0, 0.1) is 0 Å². The number of methoxy groups -OCH3 is 1. The average Bonchev–Trinajstić information content (AvgIpc) is 2.86. The molecule has 0 N–H and O–H groups in total. The van der Waals surface area contributed by atoms with Crippen molar-refractivity contribution in [2.24, 2.45) is 0 Å². The molecule has 7 heteroatoms. The third kappa shape index (κ3) is 3.10. The SMILES string of the molecule is COC(=O)c1cc2n(n1)CCCN(C(=O)C1(C)CCCCO1)C2. The number of nitrogens with zero attached hydrogens (tertiary/aromatic N) is 3. The number of esters is 1. The number of ether oxygens (including phenoxy) is 2. The minimum Gasteiger partial charge on any atom is -0.464 e. The molecule has 126 valence electrons. The largest absolute Gasteiger partial charge is 0.464 e. The van der Waals surface area contributed by atoms with E-state index >= 15 is 0 Å². The zero-order chi connectivity index (χ0) is 16.4. The van der Waals surface area contributed by atoms with Crippen molar-refractivity contribution < 1.29 is 19.1 Å². The number of hydrogen-bond acceptors (Lipinski definition) is 5. The zero-order valence-corrected chi connectivity index (χ0v) is 13.7. The van der Waals surface area contributed by atoms with Gasteiger partial charge in [-0.3, -0.25) is 9.48 Å². The standard InChI is InChI=1S/C16H23N3O4/c1-16(6-3-4-9-23-16)15(21)18-7-5-8-19-12(11-18)10-13(17-19)14(20)22-2/h10H,3-9,11H2,1-2H3. The van der Waals surface area contributed by atoms with E-state index in [0.29, 0.717) is 26.2 Å². The van der Waals surface area contributed by atoms with Crippen LogP contribution in [-0.2, 0) is 27.4 Å². The lowest BCUT2D eigenvalue weighted by Crippen LogP contribution is -2.50. The van der Waals surface area contributed by atoms with E-state index in [0.717, 1.165) is 31.4 Å². The molecule has 23 heavy (non-hydrogen) atoms. The third-order valence-corrected chi connectivity index (χ3v) is 4.62. The van der Waals surface area contributed by atoms with Gasteiger partial charge >= 0.3 is 5.97 Å². The Morgan fingerprint density at radius 1 is 1.30 bits per heavy atom. The highest BCUT2D eigenvalue weighted by molar-refractivity contribution is 5.87. The van der Waals surface area contributed by atoms with Crippen molar-refractivity contribution in [2.75, 3.05) is 20.3 Å². The van der Waals surface area contributed by atoms with Gasteiger partial charge in [0.2, 0.25) is 0 Å². The Labute approximate surface area is 135 Å². The van der Waals surface area contributed by atoms with E-state index in [-0.39, 0.29) is 11.6 Å². The fraction of sp³-hybridized carbons (Fsp3) is 0.688. The zero-order valence-electron chi connectivity index (χ0n) is 13.7. The fourth-order valence-electron chi connectivity index (χ4n) is 3.28. The van der Waals surface area contributed by atoms with E-state index in [9.17, 15) is 9.59 Å². The first-order valence-electron chi connectivity index (χ1n) is 8.12. The number of aryl methyl sites for hydroxylation is 1. The Morgan fingerprint density at radius 3 is 2.83 bits per heavy atom. The Hall–Kier alpha value is -1.89. The summed E-state index contributed by atoms with van der Waals surface area (Å²) >= 11 is 0. The van der Waals surface area contributed by atoms with Crippen LogP contribution in [0.4, 0.5) is 0 Å². The molecule has 0 spiro atoms. The predicted octanol–water partition coefficient (Wildman–Crippen LogP) is 1.36. The fourth-order valence-corrected chi connectivity index (χ4v) is 3.28. The predicted molar refractivity (Wildman–Crippen MR) is 81.8 cm³/mol. The van der Waals surface area contributed by atoms with Gasteiger partial charge in [0.15, 0.2) is 5.69 Å². The molecule has 0 aliphatic carbocycles. The summed E-state index contributed by atoms with van der Waals surface area (Å²) in [4.78, 5) is 26.4. The second-order valence-electron chi connectivity index (χ2n) is 6.35. The minimum atomic E-state index is -0.724. The maximum Gasteiger partial charge on any atom is 0.358 e.